The highest BCUT2D eigenvalue weighted by Gasteiger charge is 2.55. The maximum Gasteiger partial charge on any atom is 0.287 e. The summed E-state index contributed by atoms with van der Waals surface area (Å²) in [6.07, 6.45) is 6.92. The number of nitrogens with one attached hydrogen (secondary N) is 1. The number of tetrazole rings is 1. The lowest BCUT2D eigenvalue weighted by Crippen LogP contribution is -2.56. The number of nitrogens with zero attached hydrogens (tertiary/aromatic N) is 4. The molecule has 4 fully saturated rings. The first-order valence-electron chi connectivity index (χ1n) is 7.07. The van der Waals surface area contributed by atoms with Gasteiger partial charge < -0.3 is 5.11 Å². The van der Waals surface area contributed by atoms with E-state index in [4.69, 9.17) is 0 Å². The average molecular weight is 260 g/mol. The van der Waals surface area contributed by atoms with E-state index in [9.17, 15) is 5.11 Å². The minimum atomic E-state index is -0.237. The van der Waals surface area contributed by atoms with Crippen LogP contribution in [-0.4, -0.2) is 26.5 Å². The molecule has 102 valence electrons. The van der Waals surface area contributed by atoms with E-state index in [2.05, 4.69) is 32.5 Å². The number of aromatic nitrogens is 4. The molecule has 19 heavy (non-hydrogen) atoms. The molecule has 0 aliphatic heterocycles. The molecule has 4 aliphatic carbocycles. The van der Waals surface area contributed by atoms with E-state index < -0.39 is 0 Å². The van der Waals surface area contributed by atoms with Crippen LogP contribution in [0.1, 0.15) is 45.4 Å². The zero-order valence-electron chi connectivity index (χ0n) is 11.1. The molecule has 1 N–H and O–H groups in total. The van der Waals surface area contributed by atoms with E-state index in [1.54, 1.807) is 0 Å². The molecule has 0 spiro atoms. The largest absolute Gasteiger partial charge is 0.861 e. The van der Waals surface area contributed by atoms with Gasteiger partial charge in [-0.3, -0.25) is 0 Å². The Balaban J connectivity index is 1.70. The van der Waals surface area contributed by atoms with Crippen molar-refractivity contribution in [2.45, 2.75) is 45.4 Å². The van der Waals surface area contributed by atoms with Crippen LogP contribution in [0.2, 0.25) is 0 Å². The van der Waals surface area contributed by atoms with E-state index in [0.29, 0.717) is 5.41 Å². The van der Waals surface area contributed by atoms with Crippen LogP contribution in [0.4, 0.5) is 5.95 Å². The molecule has 0 radical (unpaired) electrons. The SMILES string of the molecule is CC12C[C@H]3C[C@@H](C1)CC(C([O-])=Nc1nn[nH]n1)(C3)C2. The summed E-state index contributed by atoms with van der Waals surface area (Å²) in [6, 6.07) is 0. The zero-order valence-corrected chi connectivity index (χ0v) is 11.1. The van der Waals surface area contributed by atoms with Gasteiger partial charge in [0.2, 0.25) is 0 Å². The summed E-state index contributed by atoms with van der Waals surface area (Å²) >= 11 is 0. The number of rotatable bonds is 2. The van der Waals surface area contributed by atoms with Crippen molar-refractivity contribution in [2.24, 2.45) is 27.7 Å². The maximum atomic E-state index is 12.6. The molecular weight excluding hydrogens is 242 g/mol. The summed E-state index contributed by atoms with van der Waals surface area (Å²) in [5.74, 6) is 1.59. The van der Waals surface area contributed by atoms with E-state index in [1.807, 2.05) is 0 Å². The van der Waals surface area contributed by atoms with E-state index in [1.165, 1.54) is 19.3 Å². The Bertz CT molecular complexity index is 509. The van der Waals surface area contributed by atoms with Crippen LogP contribution in [0.15, 0.2) is 4.99 Å². The molecule has 0 aromatic carbocycles. The Hall–Kier alpha value is -1.46. The van der Waals surface area contributed by atoms with Crippen molar-refractivity contribution in [3.63, 3.8) is 0 Å². The van der Waals surface area contributed by atoms with Crippen molar-refractivity contribution < 1.29 is 5.11 Å². The number of hydrogen-bond acceptors (Lipinski definition) is 5. The maximum absolute atomic E-state index is 12.6. The minimum absolute atomic E-state index is 0.0192. The lowest BCUT2D eigenvalue weighted by molar-refractivity contribution is -0.245. The highest BCUT2D eigenvalue weighted by molar-refractivity contribution is 5.81. The normalized spacial score (nSPS) is 44.8. The first kappa shape index (κ1) is 11.4. The van der Waals surface area contributed by atoms with Crippen LogP contribution in [0.3, 0.4) is 0 Å². The molecule has 0 saturated heterocycles. The predicted octanol–water partition coefficient (Wildman–Crippen LogP) is 1.20. The van der Waals surface area contributed by atoms with E-state index in [0.717, 1.165) is 31.1 Å². The van der Waals surface area contributed by atoms with Crippen LogP contribution in [0.25, 0.3) is 0 Å². The quantitative estimate of drug-likeness (QED) is 0.639. The first-order valence-corrected chi connectivity index (χ1v) is 7.07. The van der Waals surface area contributed by atoms with Gasteiger partial charge in [0.15, 0.2) is 0 Å². The molecule has 1 heterocycles. The zero-order chi connectivity index (χ0) is 13.1. The van der Waals surface area contributed by atoms with Crippen LogP contribution in [0.5, 0.6) is 0 Å². The average Bonchev–Trinajstić information content (AvgIpc) is 2.78. The third kappa shape index (κ3) is 1.69. The highest BCUT2D eigenvalue weighted by Crippen LogP contribution is 2.65. The van der Waals surface area contributed by atoms with E-state index in [-0.39, 0.29) is 17.3 Å². The Kier molecular flexibility index (Phi) is 2.13. The number of aromatic amines is 1. The minimum Gasteiger partial charge on any atom is -0.861 e. The molecule has 4 aliphatic rings. The second kappa shape index (κ2) is 3.55. The van der Waals surface area contributed by atoms with Gasteiger partial charge in [-0.15, -0.1) is 5.10 Å². The van der Waals surface area contributed by atoms with Gasteiger partial charge in [-0.2, -0.15) is 5.21 Å². The second-order valence-corrected chi connectivity index (χ2v) is 7.18. The molecule has 2 unspecified atom stereocenters. The molecule has 1 aromatic heterocycles. The standard InChI is InChI=1S/C13H19N5O/c1-12-3-8-2-9(4-12)6-13(5-8,7-12)10(19)14-11-15-17-18-16-11/h8-9H,2-7H2,1H3,(H2,14,15,16,17,18,19)/p-1/t8-,9+,12?,13?. The van der Waals surface area contributed by atoms with Crippen molar-refractivity contribution in [2.75, 3.05) is 0 Å². The lowest BCUT2D eigenvalue weighted by Gasteiger charge is -2.62. The van der Waals surface area contributed by atoms with E-state index >= 15 is 0 Å². The first-order chi connectivity index (χ1) is 9.07. The van der Waals surface area contributed by atoms with Gasteiger partial charge in [0, 0.05) is 0 Å². The van der Waals surface area contributed by atoms with Crippen molar-refractivity contribution in [1.82, 2.24) is 20.6 Å². The van der Waals surface area contributed by atoms with Crippen LogP contribution >= 0.6 is 0 Å². The second-order valence-electron chi connectivity index (χ2n) is 7.18. The Labute approximate surface area is 111 Å². The Morgan fingerprint density at radius 3 is 2.63 bits per heavy atom. The fraction of sp³-hybridized carbons (Fsp3) is 0.846. The van der Waals surface area contributed by atoms with Crippen molar-refractivity contribution in [3.05, 3.63) is 0 Å². The summed E-state index contributed by atoms with van der Waals surface area (Å²) in [4.78, 5) is 4.09. The summed E-state index contributed by atoms with van der Waals surface area (Å²) in [5.41, 5.74) is 0.117. The molecule has 4 atom stereocenters. The van der Waals surface area contributed by atoms with Crippen molar-refractivity contribution in [3.8, 4) is 0 Å². The summed E-state index contributed by atoms with van der Waals surface area (Å²) in [6.45, 7) is 2.35. The van der Waals surface area contributed by atoms with Crippen LogP contribution < -0.4 is 5.11 Å². The van der Waals surface area contributed by atoms with Gasteiger partial charge in [-0.25, -0.2) is 4.99 Å². The third-order valence-electron chi connectivity index (χ3n) is 5.34. The summed E-state index contributed by atoms with van der Waals surface area (Å²) in [5, 5.41) is 25.9. The lowest BCUT2D eigenvalue weighted by atomic mass is 9.44. The topological polar surface area (TPSA) is 89.9 Å². The molecule has 6 heteroatoms. The van der Waals surface area contributed by atoms with Gasteiger partial charge in [0.25, 0.3) is 5.95 Å². The van der Waals surface area contributed by atoms with Gasteiger partial charge in [0.05, 0.1) is 0 Å². The molecule has 6 nitrogen and oxygen atoms in total. The van der Waals surface area contributed by atoms with Gasteiger partial charge in [0.1, 0.15) is 0 Å². The van der Waals surface area contributed by atoms with Crippen LogP contribution in [0, 0.1) is 22.7 Å². The molecule has 1 aromatic rings. The summed E-state index contributed by atoms with van der Waals surface area (Å²) < 4.78 is 0. The van der Waals surface area contributed by atoms with Gasteiger partial charge >= 0.3 is 0 Å². The van der Waals surface area contributed by atoms with Crippen molar-refractivity contribution >= 4 is 11.8 Å². The molecule has 4 bridgehead atoms. The van der Waals surface area contributed by atoms with Gasteiger partial charge in [-0.1, -0.05) is 12.0 Å². The number of hydrogen-bond donors (Lipinski definition) is 1. The fourth-order valence-corrected chi connectivity index (χ4v) is 5.38. The Morgan fingerprint density at radius 1 is 1.32 bits per heavy atom. The smallest absolute Gasteiger partial charge is 0.287 e. The molecule has 4 saturated carbocycles. The Morgan fingerprint density at radius 2 is 2.05 bits per heavy atom. The highest BCUT2D eigenvalue weighted by atomic mass is 16.3. The molecule has 0 amide bonds. The van der Waals surface area contributed by atoms with Crippen LogP contribution in [-0.2, 0) is 0 Å². The van der Waals surface area contributed by atoms with Gasteiger partial charge in [-0.05, 0) is 72.3 Å². The fourth-order valence-electron chi connectivity index (χ4n) is 5.38. The summed E-state index contributed by atoms with van der Waals surface area (Å²) in [7, 11) is 0. The monoisotopic (exact) mass is 260 g/mol. The predicted molar refractivity (Wildman–Crippen MR) is 66.5 cm³/mol. The third-order valence-corrected chi connectivity index (χ3v) is 5.34. The number of aliphatic imine (C=N–C) groups is 1. The van der Waals surface area contributed by atoms with Crippen molar-refractivity contribution in [1.29, 1.82) is 0 Å². The molecular formula is C13H18N5O-. The number of H-pyrrole nitrogens is 1. The molecule has 5 rings (SSSR count).